The second kappa shape index (κ2) is 15.1. The van der Waals surface area contributed by atoms with E-state index in [0.29, 0.717) is 18.5 Å². The first-order valence-corrected chi connectivity index (χ1v) is 15.4. The number of carbonyl (C=O) groups is 3. The van der Waals surface area contributed by atoms with Gasteiger partial charge in [-0.25, -0.2) is 15.3 Å². The number of nitrogens with zero attached hydrogens (tertiary/aromatic N) is 2. The van der Waals surface area contributed by atoms with Gasteiger partial charge in [0.25, 0.3) is 5.91 Å². The van der Waals surface area contributed by atoms with E-state index in [4.69, 9.17) is 9.82 Å². The summed E-state index contributed by atoms with van der Waals surface area (Å²) >= 11 is 0. The van der Waals surface area contributed by atoms with Crippen LogP contribution in [0.3, 0.4) is 0 Å². The fourth-order valence-corrected chi connectivity index (χ4v) is 5.48. The van der Waals surface area contributed by atoms with Crippen LogP contribution in [0.2, 0.25) is 0 Å². The summed E-state index contributed by atoms with van der Waals surface area (Å²) in [4.78, 5) is 48.4. The number of fused-ring (bicyclic) bond motifs is 1. The molecule has 9 heteroatoms. The normalized spacial score (nSPS) is 11.7. The van der Waals surface area contributed by atoms with Crippen molar-refractivity contribution in [2.45, 2.75) is 58.7 Å². The van der Waals surface area contributed by atoms with E-state index in [2.05, 4.69) is 22.3 Å². The fourth-order valence-electron chi connectivity index (χ4n) is 5.48. The summed E-state index contributed by atoms with van der Waals surface area (Å²) in [6.45, 7) is 4.74. The molecule has 3 N–H and O–H groups in total. The predicted octanol–water partition coefficient (Wildman–Crippen LogP) is 6.02. The lowest BCUT2D eigenvalue weighted by Crippen LogP contribution is -2.40. The standard InChI is InChI=1S/C37H38N4O5/c1-3-10-33-39-35-25(2)19-30(21-32(35)41(33)23-27-15-17-29(18-16-27)37(44)45)36(43)38-31(20-26-11-6-4-7-12-26)22-34(42)40-46-24-28-13-8-5-9-14-28/h4-9,11-19,21,31H,3,10,20,22-24H2,1-2H3,(H,38,43)(H,40,42)(H,44,45). The number of benzene rings is 4. The molecule has 1 atom stereocenters. The minimum absolute atomic E-state index is 0.0293. The van der Waals surface area contributed by atoms with Gasteiger partial charge >= 0.3 is 5.97 Å². The van der Waals surface area contributed by atoms with E-state index in [1.54, 1.807) is 24.3 Å². The molecule has 0 aliphatic heterocycles. The predicted molar refractivity (Wildman–Crippen MR) is 176 cm³/mol. The molecule has 0 saturated heterocycles. The number of imidazole rings is 1. The number of hydroxylamine groups is 1. The average Bonchev–Trinajstić information content (AvgIpc) is 3.39. The molecule has 1 unspecified atom stereocenters. The van der Waals surface area contributed by atoms with Crippen LogP contribution in [0.25, 0.3) is 11.0 Å². The van der Waals surface area contributed by atoms with Gasteiger partial charge in [0.1, 0.15) is 5.82 Å². The number of carbonyl (C=O) groups excluding carboxylic acids is 2. The van der Waals surface area contributed by atoms with Crippen molar-refractivity contribution in [1.29, 1.82) is 0 Å². The summed E-state index contributed by atoms with van der Waals surface area (Å²) in [5, 5.41) is 12.4. The highest BCUT2D eigenvalue weighted by molar-refractivity contribution is 5.99. The molecule has 5 aromatic rings. The van der Waals surface area contributed by atoms with E-state index < -0.39 is 12.0 Å². The molecule has 0 bridgehead atoms. The van der Waals surface area contributed by atoms with Crippen molar-refractivity contribution < 1.29 is 24.3 Å². The third-order valence-electron chi connectivity index (χ3n) is 7.76. The number of rotatable bonds is 14. The molecule has 236 valence electrons. The molecule has 0 spiro atoms. The first-order chi connectivity index (χ1) is 22.3. The molecule has 46 heavy (non-hydrogen) atoms. The number of nitrogens with one attached hydrogen (secondary N) is 2. The smallest absolute Gasteiger partial charge is 0.335 e. The Hall–Kier alpha value is -5.28. The third-order valence-corrected chi connectivity index (χ3v) is 7.76. The molecule has 9 nitrogen and oxygen atoms in total. The average molecular weight is 619 g/mol. The van der Waals surface area contributed by atoms with Gasteiger partial charge in [-0.1, -0.05) is 79.7 Å². The molecule has 0 saturated carbocycles. The van der Waals surface area contributed by atoms with Crippen molar-refractivity contribution >= 4 is 28.8 Å². The van der Waals surface area contributed by atoms with Gasteiger partial charge in [0, 0.05) is 31.0 Å². The Kier molecular flexibility index (Phi) is 10.6. The second-order valence-electron chi connectivity index (χ2n) is 11.4. The summed E-state index contributed by atoms with van der Waals surface area (Å²) < 4.78 is 2.09. The summed E-state index contributed by atoms with van der Waals surface area (Å²) in [6.07, 6.45) is 2.14. The molecular weight excluding hydrogens is 580 g/mol. The Morgan fingerprint density at radius 1 is 0.870 bits per heavy atom. The van der Waals surface area contributed by atoms with Crippen LogP contribution in [0.15, 0.2) is 97.1 Å². The number of amides is 2. The number of hydrogen-bond acceptors (Lipinski definition) is 5. The van der Waals surface area contributed by atoms with Crippen molar-refractivity contribution in [3.63, 3.8) is 0 Å². The molecule has 4 aromatic carbocycles. The highest BCUT2D eigenvalue weighted by Crippen LogP contribution is 2.25. The van der Waals surface area contributed by atoms with Gasteiger partial charge in [-0.3, -0.25) is 14.4 Å². The van der Waals surface area contributed by atoms with Crippen molar-refractivity contribution in [3.8, 4) is 0 Å². The van der Waals surface area contributed by atoms with Crippen LogP contribution >= 0.6 is 0 Å². The third kappa shape index (κ3) is 8.25. The number of aromatic nitrogens is 2. The van der Waals surface area contributed by atoms with E-state index in [9.17, 15) is 19.5 Å². The monoisotopic (exact) mass is 618 g/mol. The van der Waals surface area contributed by atoms with Crippen molar-refractivity contribution in [2.75, 3.05) is 0 Å². The molecule has 0 fully saturated rings. The van der Waals surface area contributed by atoms with Crippen LogP contribution in [0.5, 0.6) is 0 Å². The first-order valence-electron chi connectivity index (χ1n) is 15.4. The number of aromatic carboxylic acids is 1. The summed E-state index contributed by atoms with van der Waals surface area (Å²) in [5.74, 6) is -0.700. The molecule has 1 aromatic heterocycles. The van der Waals surface area contributed by atoms with Gasteiger partial charge in [-0.05, 0) is 66.3 Å². The molecule has 5 rings (SSSR count). The zero-order valence-corrected chi connectivity index (χ0v) is 26.0. The maximum absolute atomic E-state index is 13.8. The zero-order valence-electron chi connectivity index (χ0n) is 26.0. The molecule has 0 aliphatic carbocycles. The van der Waals surface area contributed by atoms with E-state index in [1.165, 1.54) is 0 Å². The van der Waals surface area contributed by atoms with E-state index in [1.807, 2.05) is 79.7 Å². The highest BCUT2D eigenvalue weighted by atomic mass is 16.6. The minimum Gasteiger partial charge on any atom is -0.478 e. The Morgan fingerprint density at radius 3 is 2.20 bits per heavy atom. The van der Waals surface area contributed by atoms with Crippen molar-refractivity contribution in [3.05, 3.63) is 136 Å². The number of hydrogen-bond donors (Lipinski definition) is 3. The van der Waals surface area contributed by atoms with Gasteiger partial charge in [0.2, 0.25) is 5.91 Å². The van der Waals surface area contributed by atoms with E-state index >= 15 is 0 Å². The van der Waals surface area contributed by atoms with Gasteiger partial charge in [0.15, 0.2) is 0 Å². The molecule has 0 radical (unpaired) electrons. The first kappa shape index (κ1) is 32.1. The lowest BCUT2D eigenvalue weighted by molar-refractivity contribution is -0.135. The Morgan fingerprint density at radius 2 is 1.54 bits per heavy atom. The van der Waals surface area contributed by atoms with Crippen LogP contribution in [0, 0.1) is 6.92 Å². The van der Waals surface area contributed by atoms with Crippen LogP contribution in [-0.2, 0) is 35.6 Å². The topological polar surface area (TPSA) is 123 Å². The maximum atomic E-state index is 13.8. The summed E-state index contributed by atoms with van der Waals surface area (Å²) in [6, 6.07) is 29.2. The quantitative estimate of drug-likeness (QED) is 0.131. The van der Waals surface area contributed by atoms with Crippen LogP contribution < -0.4 is 10.8 Å². The van der Waals surface area contributed by atoms with Gasteiger partial charge in [-0.15, -0.1) is 0 Å². The Labute approximate surface area is 268 Å². The van der Waals surface area contributed by atoms with E-state index in [0.717, 1.165) is 52.0 Å². The summed E-state index contributed by atoms with van der Waals surface area (Å²) in [5.41, 5.74) is 8.57. The molecular formula is C37H38N4O5. The molecule has 0 aliphatic rings. The molecule has 2 amide bonds. The van der Waals surface area contributed by atoms with Crippen LogP contribution in [0.4, 0.5) is 0 Å². The highest BCUT2D eigenvalue weighted by Gasteiger charge is 2.21. The van der Waals surface area contributed by atoms with Gasteiger partial charge < -0.3 is 15.0 Å². The minimum atomic E-state index is -0.972. The number of carboxylic acids is 1. The molecule has 1 heterocycles. The Bertz CT molecular complexity index is 1800. The number of carboxylic acid groups (broad SMARTS) is 1. The van der Waals surface area contributed by atoms with Crippen LogP contribution in [0.1, 0.15) is 68.6 Å². The fraction of sp³-hybridized carbons (Fsp3) is 0.243. The van der Waals surface area contributed by atoms with Crippen molar-refractivity contribution in [2.24, 2.45) is 0 Å². The maximum Gasteiger partial charge on any atom is 0.335 e. The van der Waals surface area contributed by atoms with Gasteiger partial charge in [-0.2, -0.15) is 0 Å². The largest absolute Gasteiger partial charge is 0.478 e. The second-order valence-corrected chi connectivity index (χ2v) is 11.4. The lowest BCUT2D eigenvalue weighted by Gasteiger charge is -2.19. The zero-order chi connectivity index (χ0) is 32.5. The van der Waals surface area contributed by atoms with Gasteiger partial charge in [0.05, 0.1) is 23.2 Å². The Balaban J connectivity index is 1.37. The number of aryl methyl sites for hydroxylation is 2. The van der Waals surface area contributed by atoms with E-state index in [-0.39, 0.29) is 30.4 Å². The van der Waals surface area contributed by atoms with Crippen LogP contribution in [-0.4, -0.2) is 38.5 Å². The lowest BCUT2D eigenvalue weighted by atomic mass is 10.0. The van der Waals surface area contributed by atoms with Crippen molar-refractivity contribution in [1.82, 2.24) is 20.3 Å². The summed E-state index contributed by atoms with van der Waals surface area (Å²) in [7, 11) is 0. The SMILES string of the molecule is CCCc1nc2c(C)cc(C(=O)NC(CC(=O)NOCc3ccccc3)Cc3ccccc3)cc2n1Cc1ccc(C(=O)O)cc1.